The SMILES string of the molecule is C[NH+]1CCN([C@@H]2C[C@@H](c3ccccc3)c3ccc(Cl)cc32)CC1(C)C.C[NH+]1CCN([C@@H]2C[C@@H](c3ccccc3)c3ccc(Cl)cc32)CC1(C)C.O=C([O-])CCC(=O)[O-]. The van der Waals surface area contributed by atoms with Crippen molar-refractivity contribution in [2.24, 2.45) is 0 Å². The van der Waals surface area contributed by atoms with Crippen molar-refractivity contribution in [1.82, 2.24) is 9.80 Å². The lowest BCUT2D eigenvalue weighted by Crippen LogP contribution is -3.19. The van der Waals surface area contributed by atoms with Gasteiger partial charge in [-0.1, -0.05) is 96.0 Å². The molecule has 4 aromatic rings. The first-order valence-electron chi connectivity index (χ1n) is 20.8. The van der Waals surface area contributed by atoms with Gasteiger partial charge in [0.1, 0.15) is 11.1 Å². The molecule has 4 aliphatic rings. The van der Waals surface area contributed by atoms with E-state index in [2.05, 4.69) is 149 Å². The second-order valence-corrected chi connectivity index (χ2v) is 18.9. The molecule has 2 aliphatic carbocycles. The smallest absolute Gasteiger partial charge is 0.105 e. The minimum atomic E-state index is -1.37. The van der Waals surface area contributed by atoms with Gasteiger partial charge in [-0.15, -0.1) is 0 Å². The molecule has 10 heteroatoms. The molecule has 0 aromatic heterocycles. The topological polar surface area (TPSA) is 95.6 Å². The van der Waals surface area contributed by atoms with Crippen molar-refractivity contribution in [3.05, 3.63) is 140 Å². The van der Waals surface area contributed by atoms with E-state index < -0.39 is 24.8 Å². The van der Waals surface area contributed by atoms with Crippen LogP contribution in [0.3, 0.4) is 0 Å². The summed E-state index contributed by atoms with van der Waals surface area (Å²) < 4.78 is 0. The van der Waals surface area contributed by atoms with Gasteiger partial charge in [0.15, 0.2) is 0 Å². The summed E-state index contributed by atoms with van der Waals surface area (Å²) in [7, 11) is 4.65. The number of halogens is 2. The minimum absolute atomic E-state index is 0.293. The van der Waals surface area contributed by atoms with Crippen molar-refractivity contribution in [1.29, 1.82) is 0 Å². The molecule has 2 aliphatic heterocycles. The third-order valence-electron chi connectivity index (χ3n) is 13.4. The summed E-state index contributed by atoms with van der Waals surface area (Å²) in [6, 6.07) is 35.9. The maximum absolute atomic E-state index is 9.50. The predicted octanol–water partition coefficient (Wildman–Crippen LogP) is 4.32. The average molecular weight is 828 g/mol. The maximum atomic E-state index is 9.50. The van der Waals surface area contributed by atoms with E-state index in [0.29, 0.717) is 35.0 Å². The standard InChI is InChI=1S/2C22H27ClN2.C4H6O4/c2*1-22(2)15-25(12-11-24(22)3)21-14-19(16-7-5-4-6-8-16)18-10-9-17(23)13-20(18)21;5-3(6)1-2-4(7)8/h2*4-10,13,19,21H,11-12,14-15H2,1-3H3;1-2H2,(H,5,6)(H,7,8)/t2*19-,21+;/m00./s1. The zero-order valence-electron chi connectivity index (χ0n) is 34.9. The molecular formula is C48H60Cl2N4O4. The molecule has 2 fully saturated rings. The number of rotatable bonds is 7. The summed E-state index contributed by atoms with van der Waals surface area (Å²) in [6.45, 7) is 16.5. The summed E-state index contributed by atoms with van der Waals surface area (Å²) in [6.07, 6.45) is 1.38. The highest BCUT2D eigenvalue weighted by atomic mass is 35.5. The van der Waals surface area contributed by atoms with Crippen LogP contribution in [0.5, 0.6) is 0 Å². The number of fused-ring (bicyclic) bond motifs is 2. The van der Waals surface area contributed by atoms with Crippen molar-refractivity contribution in [3.63, 3.8) is 0 Å². The highest BCUT2D eigenvalue weighted by Gasteiger charge is 2.43. The van der Waals surface area contributed by atoms with Crippen LogP contribution in [0.1, 0.15) is 111 Å². The van der Waals surface area contributed by atoms with Crippen LogP contribution in [-0.2, 0) is 9.59 Å². The Labute approximate surface area is 355 Å². The van der Waals surface area contributed by atoms with Gasteiger partial charge in [0.2, 0.25) is 0 Å². The van der Waals surface area contributed by atoms with Crippen LogP contribution < -0.4 is 20.0 Å². The van der Waals surface area contributed by atoms with E-state index in [1.807, 2.05) is 0 Å². The molecule has 6 atom stereocenters. The maximum Gasteiger partial charge on any atom is 0.105 e. The molecule has 0 bridgehead atoms. The molecule has 0 amide bonds. The van der Waals surface area contributed by atoms with E-state index in [9.17, 15) is 19.8 Å². The second kappa shape index (κ2) is 18.7. The summed E-state index contributed by atoms with van der Waals surface area (Å²) in [5.74, 6) is -1.77. The van der Waals surface area contributed by atoms with Gasteiger partial charge in [-0.2, -0.15) is 0 Å². The molecule has 2 saturated heterocycles. The number of nitrogens with one attached hydrogen (secondary N) is 2. The third-order valence-corrected chi connectivity index (χ3v) is 13.8. The highest BCUT2D eigenvalue weighted by Crippen LogP contribution is 2.49. The van der Waals surface area contributed by atoms with E-state index >= 15 is 0 Å². The molecular weight excluding hydrogens is 767 g/mol. The van der Waals surface area contributed by atoms with Crippen LogP contribution in [0.2, 0.25) is 10.0 Å². The van der Waals surface area contributed by atoms with Gasteiger partial charge >= 0.3 is 0 Å². The van der Waals surface area contributed by atoms with E-state index in [4.69, 9.17) is 23.2 Å². The number of hydrogen-bond donors (Lipinski definition) is 2. The number of carbonyl (C=O) groups is 2. The Morgan fingerprint density at radius 1 is 0.603 bits per heavy atom. The van der Waals surface area contributed by atoms with E-state index in [1.165, 1.54) is 46.5 Å². The number of carbonyl (C=O) groups excluding carboxylic acids is 2. The van der Waals surface area contributed by atoms with E-state index in [0.717, 1.165) is 49.1 Å². The zero-order valence-corrected chi connectivity index (χ0v) is 36.4. The largest absolute Gasteiger partial charge is 0.550 e. The van der Waals surface area contributed by atoms with Gasteiger partial charge < -0.3 is 29.6 Å². The number of nitrogens with zero attached hydrogens (tertiary/aromatic N) is 2. The fourth-order valence-electron chi connectivity index (χ4n) is 9.43. The van der Waals surface area contributed by atoms with Crippen molar-refractivity contribution < 1.29 is 29.6 Å². The minimum Gasteiger partial charge on any atom is -0.550 e. The molecule has 0 spiro atoms. The van der Waals surface area contributed by atoms with Crippen molar-refractivity contribution in [2.45, 2.75) is 88.4 Å². The fourth-order valence-corrected chi connectivity index (χ4v) is 9.79. The Kier molecular flexibility index (Phi) is 14.1. The molecule has 8 rings (SSSR count). The third kappa shape index (κ3) is 10.3. The van der Waals surface area contributed by atoms with Crippen LogP contribution in [0.4, 0.5) is 0 Å². The van der Waals surface area contributed by atoms with Crippen LogP contribution in [0.25, 0.3) is 0 Å². The molecule has 2 N–H and O–H groups in total. The Morgan fingerprint density at radius 3 is 1.29 bits per heavy atom. The molecule has 4 aromatic carbocycles. The predicted molar refractivity (Wildman–Crippen MR) is 228 cm³/mol. The lowest BCUT2D eigenvalue weighted by atomic mass is 9.93. The number of carboxylic acids is 2. The van der Waals surface area contributed by atoms with Crippen molar-refractivity contribution in [2.75, 3.05) is 53.4 Å². The Morgan fingerprint density at radius 2 is 0.966 bits per heavy atom. The number of carboxylic acid groups (broad SMARTS) is 2. The van der Waals surface area contributed by atoms with Crippen molar-refractivity contribution >= 4 is 35.1 Å². The number of likely N-dealkylation sites (N-methyl/N-ethyl adjacent to an activating group) is 2. The number of aliphatic carboxylic acids is 2. The van der Waals surface area contributed by atoms with Crippen LogP contribution in [-0.4, -0.2) is 86.2 Å². The lowest BCUT2D eigenvalue weighted by molar-refractivity contribution is -0.935. The molecule has 0 radical (unpaired) electrons. The zero-order chi connectivity index (χ0) is 41.8. The summed E-state index contributed by atoms with van der Waals surface area (Å²) in [4.78, 5) is 27.7. The molecule has 2 unspecified atom stereocenters. The Hall–Kier alpha value is -3.76. The lowest BCUT2D eigenvalue weighted by Gasteiger charge is -2.44. The highest BCUT2D eigenvalue weighted by molar-refractivity contribution is 6.31. The van der Waals surface area contributed by atoms with Gasteiger partial charge in [-0.3, -0.25) is 9.80 Å². The molecule has 8 nitrogen and oxygen atoms in total. The number of hydrogen-bond acceptors (Lipinski definition) is 6. The normalized spacial score (nSPS) is 25.9. The first-order chi connectivity index (χ1) is 27.5. The first-order valence-corrected chi connectivity index (χ1v) is 21.5. The second-order valence-electron chi connectivity index (χ2n) is 18.0. The molecule has 310 valence electrons. The summed E-state index contributed by atoms with van der Waals surface area (Å²) in [5.41, 5.74) is 9.24. The monoisotopic (exact) mass is 826 g/mol. The van der Waals surface area contributed by atoms with Crippen LogP contribution >= 0.6 is 23.2 Å². The molecule has 2 heterocycles. The van der Waals surface area contributed by atoms with Gasteiger partial charge in [0.25, 0.3) is 0 Å². The van der Waals surface area contributed by atoms with Crippen LogP contribution in [0, 0.1) is 0 Å². The van der Waals surface area contributed by atoms with E-state index in [-0.39, 0.29) is 0 Å². The van der Waals surface area contributed by atoms with Crippen LogP contribution in [0.15, 0.2) is 97.1 Å². The summed E-state index contributed by atoms with van der Waals surface area (Å²) in [5, 5.41) is 20.7. The number of benzene rings is 4. The Balaban J connectivity index is 0.000000165. The molecule has 58 heavy (non-hydrogen) atoms. The van der Waals surface area contributed by atoms with Gasteiger partial charge in [-0.25, -0.2) is 0 Å². The van der Waals surface area contributed by atoms with E-state index in [1.54, 1.807) is 9.80 Å². The van der Waals surface area contributed by atoms with Crippen molar-refractivity contribution in [3.8, 4) is 0 Å². The quantitative estimate of drug-likeness (QED) is 0.289. The van der Waals surface area contributed by atoms with Gasteiger partial charge in [-0.05, 0) is 111 Å². The molecule has 0 saturated carbocycles. The average Bonchev–Trinajstić information content (AvgIpc) is 3.76. The first kappa shape index (κ1) is 43.8. The fraction of sp³-hybridized carbons (Fsp3) is 0.458. The Bertz CT molecular complexity index is 1880. The van der Waals surface area contributed by atoms with Gasteiger partial charge in [0.05, 0.1) is 40.3 Å². The number of quaternary nitrogens is 2. The number of piperazine rings is 2. The van der Waals surface area contributed by atoms with Gasteiger partial charge in [0, 0.05) is 59.0 Å². The summed E-state index contributed by atoms with van der Waals surface area (Å²) >= 11 is 12.8.